The van der Waals surface area contributed by atoms with E-state index in [1.54, 1.807) is 42.5 Å². The van der Waals surface area contributed by atoms with E-state index in [0.29, 0.717) is 28.1 Å². The summed E-state index contributed by atoms with van der Waals surface area (Å²) >= 11 is 6.33. The number of phenolic OH excluding ortho intramolecular Hbond substituents is 1. The number of fused-ring (bicyclic) bond motifs is 5. The van der Waals surface area contributed by atoms with Crippen LogP contribution in [0.4, 0.5) is 28.9 Å². The number of carbonyl (C=O) groups excluding carboxylic acids is 4. The Labute approximate surface area is 354 Å². The SMILES string of the molecule is O=C1[C@@H]2C[C@@H]3C(=CC[C@@H]4C(=O)N(c5ccc(-c6nc7ccccc7o6)cc5)C(=O)[C@@H]43)[C@H](c3cc(OC(F)(F)F)ccc3O)[C@]2(c2ccc(Cl)cc2)C(=O)N1Nc1ccc(F)cc1. The van der Waals surface area contributed by atoms with Crippen LogP contribution >= 0.6 is 11.6 Å². The van der Waals surface area contributed by atoms with Crippen molar-refractivity contribution < 1.29 is 51.0 Å². The highest BCUT2D eigenvalue weighted by molar-refractivity contribution is 6.30. The molecule has 0 unspecified atom stereocenters. The third-order valence-electron chi connectivity index (χ3n) is 12.5. The van der Waals surface area contributed by atoms with Crippen LogP contribution in [-0.2, 0) is 24.6 Å². The second-order valence-electron chi connectivity index (χ2n) is 15.7. The number of rotatable bonds is 7. The lowest BCUT2D eigenvalue weighted by Gasteiger charge is -2.50. The Hall–Kier alpha value is -7.00. The van der Waals surface area contributed by atoms with Gasteiger partial charge in [0.25, 0.3) is 11.8 Å². The van der Waals surface area contributed by atoms with Gasteiger partial charge in [-0.2, -0.15) is 5.01 Å². The molecule has 4 amide bonds. The maximum atomic E-state index is 15.3. The highest BCUT2D eigenvalue weighted by atomic mass is 35.5. The van der Waals surface area contributed by atoms with Gasteiger partial charge >= 0.3 is 6.36 Å². The second kappa shape index (κ2) is 14.3. The molecule has 3 fully saturated rings. The maximum absolute atomic E-state index is 15.3. The molecule has 1 aromatic heterocycles. The number of hydrogen-bond donors (Lipinski definition) is 2. The number of oxazole rings is 1. The monoisotopic (exact) mass is 862 g/mol. The molecule has 62 heavy (non-hydrogen) atoms. The number of imide groups is 2. The fourth-order valence-corrected chi connectivity index (χ4v) is 10.1. The van der Waals surface area contributed by atoms with Gasteiger partial charge in [0.2, 0.25) is 17.7 Å². The summed E-state index contributed by atoms with van der Waals surface area (Å²) < 4.78 is 65.3. The van der Waals surface area contributed by atoms with Crippen molar-refractivity contribution in [2.75, 3.05) is 10.3 Å². The van der Waals surface area contributed by atoms with E-state index in [1.807, 2.05) is 12.1 Å². The van der Waals surface area contributed by atoms with E-state index in [9.17, 15) is 37.1 Å². The number of halogens is 5. The molecule has 2 N–H and O–H groups in total. The first-order valence-electron chi connectivity index (χ1n) is 19.5. The lowest BCUT2D eigenvalue weighted by Crippen LogP contribution is -2.53. The molecule has 2 aliphatic carbocycles. The smallest absolute Gasteiger partial charge is 0.508 e. The molecule has 11 nitrogen and oxygen atoms in total. The first-order chi connectivity index (χ1) is 29.7. The molecule has 5 aromatic carbocycles. The first kappa shape index (κ1) is 39.2. The van der Waals surface area contributed by atoms with Gasteiger partial charge in [-0.25, -0.2) is 9.37 Å². The zero-order valence-electron chi connectivity index (χ0n) is 32.0. The number of para-hydroxylation sites is 2. The van der Waals surface area contributed by atoms with Crippen LogP contribution in [0.5, 0.6) is 11.5 Å². The summed E-state index contributed by atoms with van der Waals surface area (Å²) in [7, 11) is 0. The number of benzene rings is 5. The third-order valence-corrected chi connectivity index (χ3v) is 12.7. The minimum Gasteiger partial charge on any atom is -0.508 e. The van der Waals surface area contributed by atoms with Gasteiger partial charge in [0, 0.05) is 22.1 Å². The first-order valence-corrected chi connectivity index (χ1v) is 19.9. The zero-order valence-corrected chi connectivity index (χ0v) is 32.7. The highest BCUT2D eigenvalue weighted by Crippen LogP contribution is 2.65. The predicted octanol–water partition coefficient (Wildman–Crippen LogP) is 9.08. The van der Waals surface area contributed by atoms with E-state index in [4.69, 9.17) is 16.0 Å². The second-order valence-corrected chi connectivity index (χ2v) is 16.1. The average Bonchev–Trinajstić information content (AvgIpc) is 3.86. The summed E-state index contributed by atoms with van der Waals surface area (Å²) in [6, 6.07) is 27.6. The van der Waals surface area contributed by atoms with E-state index in [-0.39, 0.29) is 40.4 Å². The zero-order chi connectivity index (χ0) is 43.2. The molecular weight excluding hydrogens is 832 g/mol. The standard InChI is InChI=1S/C46H31ClF4N4O7/c47-25-9-7-24(8-10-25)45-34(42(58)55(44(45)60)53-27-13-11-26(48)12-14-27)22-32-30(39(45)33-21-29(17-20-36(33)56)62-46(49,50)51)18-19-31-38(32)43(59)54(41(31)57)28-15-5-23(6-16-28)40-52-35-3-1-2-4-37(35)61-40/h1-18,20-21,31-32,34,38-39,53,56H,19,22H2/t31-,32+,34-,38-,39+,45+/m0/s1. The molecule has 16 heteroatoms. The van der Waals surface area contributed by atoms with Gasteiger partial charge < -0.3 is 14.3 Å². The third kappa shape index (κ3) is 6.12. The van der Waals surface area contributed by atoms with Crippen LogP contribution in [0.2, 0.25) is 5.02 Å². The number of hydrogen-bond acceptors (Lipinski definition) is 9. The van der Waals surface area contributed by atoms with E-state index in [1.165, 1.54) is 36.4 Å². The number of nitrogens with one attached hydrogen (secondary N) is 1. The van der Waals surface area contributed by atoms with Gasteiger partial charge in [-0.3, -0.25) is 29.5 Å². The van der Waals surface area contributed by atoms with Crippen LogP contribution in [0.1, 0.15) is 29.9 Å². The molecule has 10 rings (SSSR count). The van der Waals surface area contributed by atoms with Gasteiger partial charge in [-0.05, 0) is 115 Å². The summed E-state index contributed by atoms with van der Waals surface area (Å²) in [5, 5.41) is 12.7. The van der Waals surface area contributed by atoms with Crippen LogP contribution in [0.15, 0.2) is 131 Å². The minimum absolute atomic E-state index is 0.00435. The quantitative estimate of drug-likeness (QED) is 0.0914. The van der Waals surface area contributed by atoms with Crippen molar-refractivity contribution >= 4 is 57.7 Å². The molecule has 0 spiro atoms. The fourth-order valence-electron chi connectivity index (χ4n) is 9.96. The van der Waals surface area contributed by atoms with Crippen molar-refractivity contribution in [2.45, 2.75) is 30.5 Å². The number of allylic oxidation sites excluding steroid dienone is 2. The maximum Gasteiger partial charge on any atom is 0.573 e. The topological polar surface area (TPSA) is 142 Å². The van der Waals surface area contributed by atoms with Gasteiger partial charge in [0.15, 0.2) is 5.58 Å². The molecule has 1 saturated carbocycles. The number of phenols is 1. The van der Waals surface area contributed by atoms with Gasteiger partial charge in [0.1, 0.15) is 22.8 Å². The number of aromatic hydroxyl groups is 1. The Morgan fingerprint density at radius 1 is 0.855 bits per heavy atom. The number of carbonyl (C=O) groups is 4. The van der Waals surface area contributed by atoms with Crippen molar-refractivity contribution in [1.29, 1.82) is 0 Å². The Bertz CT molecular complexity index is 2830. The summed E-state index contributed by atoms with van der Waals surface area (Å²) in [5.41, 5.74) is 3.54. The van der Waals surface area contributed by atoms with E-state index < -0.39 is 82.3 Å². The fraction of sp³-hybridized carbons (Fsp3) is 0.196. The van der Waals surface area contributed by atoms with Crippen LogP contribution in [0, 0.1) is 29.5 Å². The Morgan fingerprint density at radius 3 is 2.29 bits per heavy atom. The van der Waals surface area contributed by atoms with Gasteiger partial charge in [-0.15, -0.1) is 13.2 Å². The lowest BCUT2D eigenvalue weighted by molar-refractivity contribution is -0.274. The minimum atomic E-state index is -5.13. The normalized spacial score (nSPS) is 24.5. The predicted molar refractivity (Wildman–Crippen MR) is 216 cm³/mol. The van der Waals surface area contributed by atoms with E-state index >= 15 is 4.79 Å². The van der Waals surface area contributed by atoms with Crippen LogP contribution < -0.4 is 15.1 Å². The van der Waals surface area contributed by atoms with Crippen molar-refractivity contribution in [3.05, 3.63) is 149 Å². The summed E-state index contributed by atoms with van der Waals surface area (Å²) in [5.74, 6) is -9.71. The summed E-state index contributed by atoms with van der Waals surface area (Å²) in [6.45, 7) is 0. The summed E-state index contributed by atoms with van der Waals surface area (Å²) in [4.78, 5) is 65.0. The molecule has 6 atom stereocenters. The van der Waals surface area contributed by atoms with Gasteiger partial charge in [-0.1, -0.05) is 47.5 Å². The number of nitrogens with zero attached hydrogens (tertiary/aromatic N) is 3. The number of amides is 4. The van der Waals surface area contributed by atoms with Gasteiger partial charge in [0.05, 0.1) is 34.5 Å². The number of ether oxygens (including phenoxy) is 1. The largest absolute Gasteiger partial charge is 0.573 e. The van der Waals surface area contributed by atoms with E-state index in [0.717, 1.165) is 40.2 Å². The Balaban J connectivity index is 1.10. The average molecular weight is 863 g/mol. The number of alkyl halides is 3. The van der Waals surface area contributed by atoms with Crippen LogP contribution in [-0.4, -0.2) is 45.1 Å². The summed E-state index contributed by atoms with van der Waals surface area (Å²) in [6.07, 6.45) is -3.59. The molecule has 0 radical (unpaired) electrons. The van der Waals surface area contributed by atoms with Crippen molar-refractivity contribution in [2.24, 2.45) is 23.7 Å². The molecule has 3 heterocycles. The molecular formula is C46H31ClF4N4O7. The lowest BCUT2D eigenvalue weighted by atomic mass is 9.49. The molecule has 2 saturated heterocycles. The van der Waals surface area contributed by atoms with E-state index in [2.05, 4.69) is 15.1 Å². The Kier molecular flexibility index (Phi) is 9.03. The van der Waals surface area contributed by atoms with Crippen molar-refractivity contribution in [1.82, 2.24) is 9.99 Å². The molecule has 0 bridgehead atoms. The number of hydrazine groups is 1. The highest BCUT2D eigenvalue weighted by Gasteiger charge is 2.70. The number of anilines is 2. The molecule has 6 aromatic rings. The van der Waals surface area contributed by atoms with Crippen molar-refractivity contribution in [3.63, 3.8) is 0 Å². The van der Waals surface area contributed by atoms with Crippen LogP contribution in [0.3, 0.4) is 0 Å². The van der Waals surface area contributed by atoms with Crippen LogP contribution in [0.25, 0.3) is 22.6 Å². The Morgan fingerprint density at radius 2 is 1.58 bits per heavy atom. The molecule has 2 aliphatic heterocycles. The number of aromatic nitrogens is 1. The molecule has 4 aliphatic rings. The van der Waals surface area contributed by atoms with Crippen molar-refractivity contribution in [3.8, 4) is 23.0 Å². The molecule has 312 valence electrons.